The van der Waals surface area contributed by atoms with Crippen LogP contribution in [0.15, 0.2) is 65.6 Å². The molecule has 0 radical (unpaired) electrons. The third kappa shape index (κ3) is 5.18. The molecule has 7 heteroatoms. The zero-order valence-corrected chi connectivity index (χ0v) is 19.9. The number of hydrogen-bond acceptors (Lipinski definition) is 4. The van der Waals surface area contributed by atoms with Gasteiger partial charge in [-0.2, -0.15) is 4.31 Å². The second-order valence-corrected chi connectivity index (χ2v) is 9.72. The number of aryl methyl sites for hydroxylation is 1. The molecular formula is C25H31N3O3S. The minimum atomic E-state index is -3.59. The van der Waals surface area contributed by atoms with Crippen molar-refractivity contribution in [1.29, 1.82) is 0 Å². The first-order valence-electron chi connectivity index (χ1n) is 10.9. The molecule has 0 saturated heterocycles. The Bertz CT molecular complexity index is 1200. The topological polar surface area (TPSA) is 78.5 Å². The van der Waals surface area contributed by atoms with Crippen molar-refractivity contribution < 1.29 is 13.2 Å². The van der Waals surface area contributed by atoms with Gasteiger partial charge in [-0.25, -0.2) is 8.42 Å². The third-order valence-corrected chi connectivity index (χ3v) is 7.73. The summed E-state index contributed by atoms with van der Waals surface area (Å²) in [6, 6.07) is 19.1. The van der Waals surface area contributed by atoms with Gasteiger partial charge >= 0.3 is 0 Å². The molecule has 0 aromatic heterocycles. The molecule has 170 valence electrons. The van der Waals surface area contributed by atoms with Gasteiger partial charge in [0.2, 0.25) is 15.9 Å². The molecule has 3 aromatic carbocycles. The zero-order valence-electron chi connectivity index (χ0n) is 19.1. The number of rotatable bonds is 9. The summed E-state index contributed by atoms with van der Waals surface area (Å²) in [6.07, 6.45) is 0. The van der Waals surface area contributed by atoms with E-state index in [1.165, 1.54) is 10.4 Å². The number of benzene rings is 3. The Morgan fingerprint density at radius 1 is 1.00 bits per heavy atom. The van der Waals surface area contributed by atoms with Gasteiger partial charge in [0.25, 0.3) is 0 Å². The summed E-state index contributed by atoms with van der Waals surface area (Å²) in [5.41, 5.74) is 2.43. The quantitative estimate of drug-likeness (QED) is 0.501. The van der Waals surface area contributed by atoms with Crippen LogP contribution in [0.3, 0.4) is 0 Å². The number of fused-ring (bicyclic) bond motifs is 1. The summed E-state index contributed by atoms with van der Waals surface area (Å²) in [5.74, 6) is -0.224. The van der Waals surface area contributed by atoms with Crippen molar-refractivity contribution in [1.82, 2.24) is 9.62 Å². The highest BCUT2D eigenvalue weighted by Crippen LogP contribution is 2.25. The van der Waals surface area contributed by atoms with Crippen LogP contribution in [0.25, 0.3) is 10.8 Å². The minimum Gasteiger partial charge on any atom is -0.325 e. The molecule has 1 atom stereocenters. The standard InChI is InChI=1S/C25H31N3O3S/c1-5-28(6-2)32(30,31)21-15-14-18(3)24(16-21)27-25(29)17-26-19(4)22-13-9-11-20-10-7-8-12-23(20)22/h7-16,19,26H,5-6,17H2,1-4H3,(H,27,29). The molecule has 1 amide bonds. The first-order valence-corrected chi connectivity index (χ1v) is 12.3. The Morgan fingerprint density at radius 3 is 2.41 bits per heavy atom. The van der Waals surface area contributed by atoms with Gasteiger partial charge in [0, 0.05) is 24.8 Å². The van der Waals surface area contributed by atoms with Gasteiger partial charge in [-0.05, 0) is 47.9 Å². The van der Waals surface area contributed by atoms with E-state index in [9.17, 15) is 13.2 Å². The Kier molecular flexibility index (Phi) is 7.66. The zero-order chi connectivity index (χ0) is 23.3. The number of amides is 1. The molecule has 0 aliphatic heterocycles. The first kappa shape index (κ1) is 23.9. The van der Waals surface area contributed by atoms with Crippen LogP contribution in [0.5, 0.6) is 0 Å². The summed E-state index contributed by atoms with van der Waals surface area (Å²) in [6.45, 7) is 8.38. The average Bonchev–Trinajstić information content (AvgIpc) is 2.79. The van der Waals surface area contributed by atoms with Gasteiger partial charge in [-0.3, -0.25) is 4.79 Å². The highest BCUT2D eigenvalue weighted by atomic mass is 32.2. The summed E-state index contributed by atoms with van der Waals surface area (Å²) in [4.78, 5) is 12.8. The summed E-state index contributed by atoms with van der Waals surface area (Å²) in [7, 11) is -3.59. The smallest absolute Gasteiger partial charge is 0.243 e. The van der Waals surface area contributed by atoms with Crippen molar-refractivity contribution in [2.45, 2.75) is 38.6 Å². The van der Waals surface area contributed by atoms with Gasteiger partial charge < -0.3 is 10.6 Å². The van der Waals surface area contributed by atoms with Crippen molar-refractivity contribution >= 4 is 32.4 Å². The Hall–Kier alpha value is -2.74. The van der Waals surface area contributed by atoms with E-state index in [0.29, 0.717) is 18.8 Å². The molecule has 0 fully saturated rings. The van der Waals surface area contributed by atoms with Gasteiger partial charge in [-0.1, -0.05) is 62.4 Å². The van der Waals surface area contributed by atoms with Crippen LogP contribution in [0, 0.1) is 6.92 Å². The fraction of sp³-hybridized carbons (Fsp3) is 0.320. The van der Waals surface area contributed by atoms with Crippen LogP contribution in [0.4, 0.5) is 5.69 Å². The SMILES string of the molecule is CCN(CC)S(=O)(=O)c1ccc(C)c(NC(=O)CNC(C)c2cccc3ccccc23)c1. The molecular weight excluding hydrogens is 422 g/mol. The molecule has 3 aromatic rings. The summed E-state index contributed by atoms with van der Waals surface area (Å²) < 4.78 is 27.0. The van der Waals surface area contributed by atoms with Crippen LogP contribution in [0.1, 0.15) is 37.9 Å². The third-order valence-electron chi connectivity index (χ3n) is 5.68. The van der Waals surface area contributed by atoms with E-state index in [0.717, 1.165) is 21.9 Å². The second-order valence-electron chi connectivity index (χ2n) is 7.79. The second kappa shape index (κ2) is 10.3. The summed E-state index contributed by atoms with van der Waals surface area (Å²) in [5, 5.41) is 8.44. The monoisotopic (exact) mass is 453 g/mol. The fourth-order valence-electron chi connectivity index (χ4n) is 3.79. The van der Waals surface area contributed by atoms with E-state index in [-0.39, 0.29) is 23.4 Å². The molecule has 0 saturated carbocycles. The van der Waals surface area contributed by atoms with Crippen LogP contribution in [0.2, 0.25) is 0 Å². The van der Waals surface area contributed by atoms with E-state index >= 15 is 0 Å². The Morgan fingerprint density at radius 2 is 1.69 bits per heavy atom. The lowest BCUT2D eigenvalue weighted by Gasteiger charge is -2.20. The van der Waals surface area contributed by atoms with E-state index < -0.39 is 10.0 Å². The van der Waals surface area contributed by atoms with E-state index in [1.807, 2.05) is 32.0 Å². The largest absolute Gasteiger partial charge is 0.325 e. The molecule has 3 rings (SSSR count). The lowest BCUT2D eigenvalue weighted by atomic mass is 10.00. The Labute approximate surface area is 190 Å². The number of nitrogens with zero attached hydrogens (tertiary/aromatic N) is 1. The predicted molar refractivity (Wildman–Crippen MR) is 130 cm³/mol. The number of carbonyl (C=O) groups is 1. The van der Waals surface area contributed by atoms with E-state index in [2.05, 4.69) is 34.9 Å². The molecule has 0 aliphatic carbocycles. The maximum atomic E-state index is 12.8. The number of hydrogen-bond donors (Lipinski definition) is 2. The van der Waals surface area contributed by atoms with Crippen LogP contribution in [-0.4, -0.2) is 38.3 Å². The van der Waals surface area contributed by atoms with Crippen molar-refractivity contribution in [3.8, 4) is 0 Å². The van der Waals surface area contributed by atoms with Crippen molar-refractivity contribution in [2.75, 3.05) is 25.0 Å². The minimum absolute atomic E-state index is 0.0256. The number of sulfonamides is 1. The molecule has 6 nitrogen and oxygen atoms in total. The lowest BCUT2D eigenvalue weighted by molar-refractivity contribution is -0.115. The van der Waals surface area contributed by atoms with Gasteiger partial charge in [-0.15, -0.1) is 0 Å². The maximum absolute atomic E-state index is 12.8. The fourth-order valence-corrected chi connectivity index (χ4v) is 5.27. The van der Waals surface area contributed by atoms with Crippen molar-refractivity contribution in [3.05, 3.63) is 71.8 Å². The van der Waals surface area contributed by atoms with E-state index in [1.54, 1.807) is 26.0 Å². The van der Waals surface area contributed by atoms with Crippen molar-refractivity contribution in [3.63, 3.8) is 0 Å². The van der Waals surface area contributed by atoms with Gasteiger partial charge in [0.05, 0.1) is 11.4 Å². The van der Waals surface area contributed by atoms with Crippen LogP contribution in [-0.2, 0) is 14.8 Å². The normalized spacial score (nSPS) is 12.8. The Balaban J connectivity index is 1.71. The highest BCUT2D eigenvalue weighted by Gasteiger charge is 2.22. The van der Waals surface area contributed by atoms with Gasteiger partial charge in [0.1, 0.15) is 0 Å². The van der Waals surface area contributed by atoms with Crippen LogP contribution < -0.4 is 10.6 Å². The number of nitrogens with one attached hydrogen (secondary N) is 2. The molecule has 1 unspecified atom stereocenters. The maximum Gasteiger partial charge on any atom is 0.243 e. The number of carbonyl (C=O) groups excluding carboxylic acids is 1. The van der Waals surface area contributed by atoms with E-state index in [4.69, 9.17) is 0 Å². The first-order chi connectivity index (χ1) is 15.3. The molecule has 32 heavy (non-hydrogen) atoms. The molecule has 0 heterocycles. The molecule has 0 bridgehead atoms. The molecule has 0 aliphatic rings. The van der Waals surface area contributed by atoms with Crippen molar-refractivity contribution in [2.24, 2.45) is 0 Å². The average molecular weight is 454 g/mol. The molecule has 0 spiro atoms. The lowest BCUT2D eigenvalue weighted by Crippen LogP contribution is -2.31. The summed E-state index contributed by atoms with van der Waals surface area (Å²) >= 11 is 0. The van der Waals surface area contributed by atoms with Gasteiger partial charge in [0.15, 0.2) is 0 Å². The highest BCUT2D eigenvalue weighted by molar-refractivity contribution is 7.89. The number of anilines is 1. The predicted octanol–water partition coefficient (Wildman–Crippen LogP) is 4.47. The molecule has 2 N–H and O–H groups in total. The van der Waals surface area contributed by atoms with Crippen LogP contribution >= 0.6 is 0 Å².